The number of rotatable bonds is 3. The second-order valence-electron chi connectivity index (χ2n) is 6.58. The van der Waals surface area contributed by atoms with Crippen molar-refractivity contribution in [2.24, 2.45) is 0 Å². The molecule has 2 aliphatic rings. The van der Waals surface area contributed by atoms with Gasteiger partial charge < -0.3 is 4.57 Å². The molecule has 4 heteroatoms. The molecule has 0 aliphatic carbocycles. The van der Waals surface area contributed by atoms with Gasteiger partial charge in [-0.05, 0) is 35.9 Å². The van der Waals surface area contributed by atoms with Crippen molar-refractivity contribution in [1.82, 2.24) is 14.8 Å². The van der Waals surface area contributed by atoms with E-state index in [1.165, 1.54) is 17.7 Å². The molecule has 3 nitrogen and oxygen atoms in total. The normalized spacial score (nSPS) is 11.3. The van der Waals surface area contributed by atoms with E-state index < -0.39 is 0 Å². The van der Waals surface area contributed by atoms with E-state index in [9.17, 15) is 4.39 Å². The van der Waals surface area contributed by atoms with E-state index >= 15 is 0 Å². The predicted molar refractivity (Wildman–Crippen MR) is 105 cm³/mol. The average Bonchev–Trinajstić information content (AvgIpc) is 3.14. The van der Waals surface area contributed by atoms with Gasteiger partial charge in [0, 0.05) is 29.3 Å². The molecule has 3 aromatic rings. The molecule has 5 rings (SSSR count). The molecule has 0 unspecified atom stereocenters. The summed E-state index contributed by atoms with van der Waals surface area (Å²) in [5, 5.41) is 9.91. The Morgan fingerprint density at radius 1 is 0.741 bits per heavy atom. The highest BCUT2D eigenvalue weighted by atomic mass is 19.1. The van der Waals surface area contributed by atoms with E-state index in [0.29, 0.717) is 0 Å². The highest BCUT2D eigenvalue weighted by molar-refractivity contribution is 5.97. The van der Waals surface area contributed by atoms with Crippen LogP contribution in [-0.4, -0.2) is 14.8 Å². The van der Waals surface area contributed by atoms with E-state index in [2.05, 4.69) is 45.2 Å². The van der Waals surface area contributed by atoms with Crippen molar-refractivity contribution < 1.29 is 4.39 Å². The number of benzene rings is 3. The van der Waals surface area contributed by atoms with Gasteiger partial charge in [0.15, 0.2) is 0 Å². The fraction of sp³-hybridized carbons (Fsp3) is 0.0435. The lowest BCUT2D eigenvalue weighted by molar-refractivity contribution is 0.628. The van der Waals surface area contributed by atoms with Crippen LogP contribution in [0.25, 0.3) is 33.4 Å². The summed E-state index contributed by atoms with van der Waals surface area (Å²) in [7, 11) is 0. The van der Waals surface area contributed by atoms with Crippen LogP contribution >= 0.6 is 0 Å². The largest absolute Gasteiger partial charge is 0.342 e. The van der Waals surface area contributed by atoms with Gasteiger partial charge in [-0.2, -0.15) is 0 Å². The molecule has 0 spiro atoms. The Morgan fingerprint density at radius 2 is 1.44 bits per heavy atom. The number of para-hydroxylation sites is 1. The fourth-order valence-corrected chi connectivity index (χ4v) is 3.52. The van der Waals surface area contributed by atoms with Gasteiger partial charge in [-0.1, -0.05) is 48.5 Å². The van der Waals surface area contributed by atoms with Crippen molar-refractivity contribution in [3.63, 3.8) is 0 Å². The van der Waals surface area contributed by atoms with Gasteiger partial charge in [-0.3, -0.25) is 0 Å². The standard InChI is InChI=1S/C23H16FN3/c24-18-12-10-17(11-13-18)22-20-15-27(14-16-6-2-1-3-7-16)21-9-5-4-8-19(21)23(20)26-25-22/h1-13,15H,14H2. The van der Waals surface area contributed by atoms with Crippen molar-refractivity contribution in [2.75, 3.05) is 0 Å². The first-order chi connectivity index (χ1) is 13.3. The Balaban J connectivity index is 1.73. The summed E-state index contributed by atoms with van der Waals surface area (Å²) in [5.41, 5.74) is 5.81. The molecule has 3 aromatic carbocycles. The molecule has 0 N–H and O–H groups in total. The highest BCUT2D eigenvalue weighted by Gasteiger charge is 2.20. The zero-order valence-corrected chi connectivity index (χ0v) is 14.5. The van der Waals surface area contributed by atoms with Crippen LogP contribution in [0.4, 0.5) is 4.39 Å². The number of halogens is 1. The van der Waals surface area contributed by atoms with Gasteiger partial charge in [-0.15, -0.1) is 10.2 Å². The van der Waals surface area contributed by atoms with Gasteiger partial charge in [0.2, 0.25) is 0 Å². The van der Waals surface area contributed by atoms with Gasteiger partial charge in [0.25, 0.3) is 0 Å². The zero-order chi connectivity index (χ0) is 18.2. The lowest BCUT2D eigenvalue weighted by atomic mass is 10.0. The third-order valence-corrected chi connectivity index (χ3v) is 4.83. The molecule has 0 saturated carbocycles. The van der Waals surface area contributed by atoms with Crippen LogP contribution in [0.15, 0.2) is 85.1 Å². The van der Waals surface area contributed by atoms with Crippen molar-refractivity contribution >= 4 is 10.9 Å². The molecule has 0 aromatic heterocycles. The lowest BCUT2D eigenvalue weighted by Crippen LogP contribution is -2.03. The topological polar surface area (TPSA) is 30.7 Å². The minimum atomic E-state index is -0.257. The maximum atomic E-state index is 13.3. The minimum Gasteiger partial charge on any atom is -0.342 e. The van der Waals surface area contributed by atoms with Gasteiger partial charge in [0.05, 0.1) is 5.52 Å². The molecule has 130 valence electrons. The molecule has 0 atom stereocenters. The Hall–Kier alpha value is -3.53. The Labute approximate surface area is 156 Å². The quantitative estimate of drug-likeness (QED) is 0.435. The Kier molecular flexibility index (Phi) is 3.68. The highest BCUT2D eigenvalue weighted by Crippen LogP contribution is 2.36. The van der Waals surface area contributed by atoms with Crippen molar-refractivity contribution in [3.05, 3.63) is 96.4 Å². The fourth-order valence-electron chi connectivity index (χ4n) is 3.52. The molecule has 27 heavy (non-hydrogen) atoms. The first kappa shape index (κ1) is 15.7. The first-order valence-corrected chi connectivity index (χ1v) is 8.84. The number of pyridine rings is 1. The minimum absolute atomic E-state index is 0.257. The number of fused-ring (bicyclic) bond motifs is 3. The molecular formula is C23H16FN3. The number of nitrogens with zero attached hydrogens (tertiary/aromatic N) is 3. The smallest absolute Gasteiger partial charge is 0.123 e. The molecule has 2 aliphatic heterocycles. The summed E-state index contributed by atoms with van der Waals surface area (Å²) < 4.78 is 15.5. The monoisotopic (exact) mass is 353 g/mol. The maximum Gasteiger partial charge on any atom is 0.123 e. The van der Waals surface area contributed by atoms with Crippen LogP contribution in [0.3, 0.4) is 0 Å². The van der Waals surface area contributed by atoms with Crippen molar-refractivity contribution in [3.8, 4) is 22.5 Å². The van der Waals surface area contributed by atoms with E-state index in [0.717, 1.165) is 40.0 Å². The van der Waals surface area contributed by atoms with Crippen LogP contribution < -0.4 is 0 Å². The lowest BCUT2D eigenvalue weighted by Gasteiger charge is -2.15. The molecule has 0 fully saturated rings. The van der Waals surface area contributed by atoms with Crippen LogP contribution in [-0.2, 0) is 6.54 Å². The molecule has 0 bridgehead atoms. The van der Waals surface area contributed by atoms with Crippen molar-refractivity contribution in [1.29, 1.82) is 0 Å². The van der Waals surface area contributed by atoms with Crippen molar-refractivity contribution in [2.45, 2.75) is 6.54 Å². The molecule has 0 amide bonds. The number of aromatic nitrogens is 3. The third-order valence-electron chi connectivity index (χ3n) is 4.83. The van der Waals surface area contributed by atoms with E-state index in [-0.39, 0.29) is 5.82 Å². The van der Waals surface area contributed by atoms with Crippen LogP contribution in [0, 0.1) is 5.82 Å². The summed E-state index contributed by atoms with van der Waals surface area (Å²) in [5.74, 6) is -0.257. The predicted octanol–water partition coefficient (Wildman–Crippen LogP) is 5.39. The summed E-state index contributed by atoms with van der Waals surface area (Å²) >= 11 is 0. The molecule has 0 saturated heterocycles. The van der Waals surface area contributed by atoms with Crippen LogP contribution in [0.1, 0.15) is 5.56 Å². The zero-order valence-electron chi connectivity index (χ0n) is 14.5. The Morgan fingerprint density at radius 3 is 2.26 bits per heavy atom. The van der Waals surface area contributed by atoms with Crippen LogP contribution in [0.2, 0.25) is 0 Å². The SMILES string of the molecule is Fc1ccc(-c2nnc3c4ccccc4n(Cc4ccccc4)cc2-3)cc1. The molecular weight excluding hydrogens is 337 g/mol. The van der Waals surface area contributed by atoms with E-state index in [1.807, 2.05) is 30.3 Å². The summed E-state index contributed by atoms with van der Waals surface area (Å²) in [6, 6.07) is 25.0. The first-order valence-electron chi connectivity index (χ1n) is 8.84. The molecule has 0 radical (unpaired) electrons. The second kappa shape index (κ2) is 6.32. The third kappa shape index (κ3) is 2.75. The van der Waals surface area contributed by atoms with E-state index in [4.69, 9.17) is 0 Å². The van der Waals surface area contributed by atoms with Gasteiger partial charge in [-0.25, -0.2) is 4.39 Å². The second-order valence-corrected chi connectivity index (χ2v) is 6.58. The summed E-state index contributed by atoms with van der Waals surface area (Å²) in [4.78, 5) is 0. The average molecular weight is 353 g/mol. The molecule has 2 heterocycles. The van der Waals surface area contributed by atoms with Gasteiger partial charge in [0.1, 0.15) is 17.2 Å². The summed E-state index contributed by atoms with van der Waals surface area (Å²) in [6.45, 7) is 0.755. The van der Waals surface area contributed by atoms with E-state index in [1.54, 1.807) is 12.1 Å². The number of hydrogen-bond acceptors (Lipinski definition) is 2. The van der Waals surface area contributed by atoms with Gasteiger partial charge >= 0.3 is 0 Å². The maximum absolute atomic E-state index is 13.3. The summed E-state index contributed by atoms with van der Waals surface area (Å²) in [6.07, 6.45) is 2.10. The number of hydrogen-bond donors (Lipinski definition) is 0. The Bertz CT molecular complexity index is 1190. The van der Waals surface area contributed by atoms with Crippen LogP contribution in [0.5, 0.6) is 0 Å².